The van der Waals surface area contributed by atoms with Crippen LogP contribution in [0.5, 0.6) is 0 Å². The van der Waals surface area contributed by atoms with E-state index in [1.54, 1.807) is 11.3 Å². The highest BCUT2D eigenvalue weighted by Gasteiger charge is 2.25. The van der Waals surface area contributed by atoms with Crippen LogP contribution in [0.2, 0.25) is 0 Å². The molecule has 0 N–H and O–H groups in total. The monoisotopic (exact) mass is 360 g/mol. The van der Waals surface area contributed by atoms with Crippen LogP contribution in [0.25, 0.3) is 27.3 Å². The fourth-order valence-corrected chi connectivity index (χ4v) is 4.11. The van der Waals surface area contributed by atoms with Gasteiger partial charge in [-0.05, 0) is 16.7 Å². The zero-order valence-corrected chi connectivity index (χ0v) is 15.9. The second-order valence-corrected chi connectivity index (χ2v) is 8.23. The normalized spacial score (nSPS) is 11.8. The fraction of sp³-hybridized carbons (Fsp3) is 0.182. The van der Waals surface area contributed by atoms with Gasteiger partial charge in [0.25, 0.3) is 0 Å². The number of benzene rings is 2. The van der Waals surface area contributed by atoms with Crippen LogP contribution in [0, 0.1) is 0 Å². The van der Waals surface area contributed by atoms with Gasteiger partial charge in [0.1, 0.15) is 5.69 Å². The van der Waals surface area contributed by atoms with E-state index in [2.05, 4.69) is 62.5 Å². The molecule has 0 aliphatic heterocycles. The SMILES string of the molecule is CC(C)(C)c1nc2scc(-c3ccc(-c4ccccc4)cc3)n2c1C=O. The average Bonchev–Trinajstić information content (AvgIpc) is 3.21. The van der Waals surface area contributed by atoms with E-state index in [1.807, 2.05) is 22.6 Å². The van der Waals surface area contributed by atoms with E-state index < -0.39 is 0 Å². The molecular weight excluding hydrogens is 340 g/mol. The molecule has 0 saturated carbocycles. The molecule has 3 nitrogen and oxygen atoms in total. The summed E-state index contributed by atoms with van der Waals surface area (Å²) in [5, 5.41) is 2.07. The second kappa shape index (κ2) is 6.22. The predicted molar refractivity (Wildman–Crippen MR) is 108 cm³/mol. The van der Waals surface area contributed by atoms with E-state index in [4.69, 9.17) is 4.98 Å². The molecule has 0 bridgehead atoms. The van der Waals surface area contributed by atoms with Crippen molar-refractivity contribution >= 4 is 22.6 Å². The average molecular weight is 360 g/mol. The zero-order valence-electron chi connectivity index (χ0n) is 15.1. The quantitative estimate of drug-likeness (QED) is 0.430. The van der Waals surface area contributed by atoms with Crippen LogP contribution in [0.15, 0.2) is 60.0 Å². The molecule has 0 radical (unpaired) electrons. The van der Waals surface area contributed by atoms with Crippen molar-refractivity contribution in [2.45, 2.75) is 26.2 Å². The van der Waals surface area contributed by atoms with Crippen molar-refractivity contribution in [3.8, 4) is 22.4 Å². The van der Waals surface area contributed by atoms with Gasteiger partial charge in [0.2, 0.25) is 0 Å². The molecular formula is C22H20N2OS. The van der Waals surface area contributed by atoms with Gasteiger partial charge >= 0.3 is 0 Å². The van der Waals surface area contributed by atoms with Crippen LogP contribution in [0.4, 0.5) is 0 Å². The van der Waals surface area contributed by atoms with Crippen LogP contribution in [-0.2, 0) is 5.41 Å². The number of imidazole rings is 1. The molecule has 0 aliphatic carbocycles. The number of carbonyl (C=O) groups is 1. The smallest absolute Gasteiger partial charge is 0.195 e. The van der Waals surface area contributed by atoms with E-state index in [0.717, 1.165) is 28.2 Å². The van der Waals surface area contributed by atoms with Crippen LogP contribution >= 0.6 is 11.3 Å². The minimum Gasteiger partial charge on any atom is -0.296 e. The third-order valence-corrected chi connectivity index (χ3v) is 5.33. The molecule has 0 amide bonds. The van der Waals surface area contributed by atoms with Crippen LogP contribution in [-0.4, -0.2) is 15.7 Å². The summed E-state index contributed by atoms with van der Waals surface area (Å²) in [6.07, 6.45) is 0.926. The first-order chi connectivity index (χ1) is 12.5. The summed E-state index contributed by atoms with van der Waals surface area (Å²) < 4.78 is 1.98. The molecule has 0 fully saturated rings. The lowest BCUT2D eigenvalue weighted by atomic mass is 9.91. The molecule has 2 aromatic heterocycles. The predicted octanol–water partition coefficient (Wildman–Crippen LogP) is 5.84. The summed E-state index contributed by atoms with van der Waals surface area (Å²) in [5.41, 5.74) is 5.79. The summed E-state index contributed by atoms with van der Waals surface area (Å²) in [6, 6.07) is 18.8. The molecule has 0 unspecified atom stereocenters. The molecule has 4 aromatic rings. The van der Waals surface area contributed by atoms with E-state index in [-0.39, 0.29) is 5.41 Å². The second-order valence-electron chi connectivity index (χ2n) is 7.40. The lowest BCUT2D eigenvalue weighted by Gasteiger charge is -2.16. The Morgan fingerprint density at radius 3 is 2.15 bits per heavy atom. The highest BCUT2D eigenvalue weighted by atomic mass is 32.1. The number of aromatic nitrogens is 2. The number of rotatable bonds is 3. The van der Waals surface area contributed by atoms with E-state index >= 15 is 0 Å². The number of fused-ring (bicyclic) bond motifs is 1. The molecule has 130 valence electrons. The minimum atomic E-state index is -0.170. The number of hydrogen-bond donors (Lipinski definition) is 0. The maximum absolute atomic E-state index is 11.8. The Morgan fingerprint density at radius 2 is 1.54 bits per heavy atom. The van der Waals surface area contributed by atoms with E-state index in [1.165, 1.54) is 11.1 Å². The lowest BCUT2D eigenvalue weighted by Crippen LogP contribution is -2.14. The molecule has 2 aromatic carbocycles. The molecule has 4 heteroatoms. The summed E-state index contributed by atoms with van der Waals surface area (Å²) >= 11 is 1.57. The molecule has 0 saturated heterocycles. The molecule has 0 atom stereocenters. The van der Waals surface area contributed by atoms with Gasteiger partial charge < -0.3 is 0 Å². The summed E-state index contributed by atoms with van der Waals surface area (Å²) in [6.45, 7) is 6.25. The van der Waals surface area contributed by atoms with Gasteiger partial charge in [-0.2, -0.15) is 0 Å². The topological polar surface area (TPSA) is 34.4 Å². The number of thiazole rings is 1. The summed E-state index contributed by atoms with van der Waals surface area (Å²) in [5.74, 6) is 0. The first-order valence-electron chi connectivity index (χ1n) is 8.60. The maximum atomic E-state index is 11.8. The Kier molecular flexibility index (Phi) is 4.00. The van der Waals surface area contributed by atoms with Crippen molar-refractivity contribution in [1.29, 1.82) is 0 Å². The van der Waals surface area contributed by atoms with Crippen LogP contribution < -0.4 is 0 Å². The highest BCUT2D eigenvalue weighted by molar-refractivity contribution is 7.15. The van der Waals surface area contributed by atoms with E-state index in [0.29, 0.717) is 5.69 Å². The third-order valence-electron chi connectivity index (χ3n) is 4.51. The number of aldehydes is 1. The molecule has 0 aliphatic rings. The molecule has 0 spiro atoms. The number of carbonyl (C=O) groups excluding carboxylic acids is 1. The van der Waals surface area contributed by atoms with Crippen molar-refractivity contribution < 1.29 is 4.79 Å². The van der Waals surface area contributed by atoms with Gasteiger partial charge in [-0.15, -0.1) is 11.3 Å². The zero-order chi connectivity index (χ0) is 18.3. The van der Waals surface area contributed by atoms with Gasteiger partial charge in [0.05, 0.1) is 11.4 Å². The summed E-state index contributed by atoms with van der Waals surface area (Å²) in [7, 11) is 0. The Balaban J connectivity index is 1.82. The Bertz CT molecular complexity index is 1070. The Labute approximate surface area is 157 Å². The molecule has 4 rings (SSSR count). The first kappa shape index (κ1) is 16.7. The Hall–Kier alpha value is -2.72. The highest BCUT2D eigenvalue weighted by Crippen LogP contribution is 2.33. The van der Waals surface area contributed by atoms with Crippen molar-refractivity contribution in [1.82, 2.24) is 9.38 Å². The third kappa shape index (κ3) is 2.76. The molecule has 2 heterocycles. The van der Waals surface area contributed by atoms with Gasteiger partial charge in [-0.3, -0.25) is 9.20 Å². The summed E-state index contributed by atoms with van der Waals surface area (Å²) in [4.78, 5) is 17.4. The van der Waals surface area contributed by atoms with Gasteiger partial charge in [-0.1, -0.05) is 75.4 Å². The minimum absolute atomic E-state index is 0.170. The number of nitrogens with zero attached hydrogens (tertiary/aromatic N) is 2. The van der Waals surface area contributed by atoms with Crippen molar-refractivity contribution in [3.63, 3.8) is 0 Å². The maximum Gasteiger partial charge on any atom is 0.195 e. The van der Waals surface area contributed by atoms with Gasteiger partial charge in [0, 0.05) is 10.8 Å². The van der Waals surface area contributed by atoms with Crippen LogP contribution in [0.3, 0.4) is 0 Å². The fourth-order valence-electron chi connectivity index (χ4n) is 3.21. The molecule has 26 heavy (non-hydrogen) atoms. The first-order valence-corrected chi connectivity index (χ1v) is 9.48. The largest absolute Gasteiger partial charge is 0.296 e. The standard InChI is InChI=1S/C22H20N2OS/c1-22(2,3)20-18(13-25)24-19(14-26-21(24)23-20)17-11-9-16(10-12-17)15-7-5-4-6-8-15/h4-14H,1-3H3. The van der Waals surface area contributed by atoms with Crippen molar-refractivity contribution in [2.75, 3.05) is 0 Å². The van der Waals surface area contributed by atoms with Crippen molar-refractivity contribution in [3.05, 3.63) is 71.4 Å². The van der Waals surface area contributed by atoms with Gasteiger partial charge in [0.15, 0.2) is 11.2 Å². The van der Waals surface area contributed by atoms with Gasteiger partial charge in [-0.25, -0.2) is 4.98 Å². The van der Waals surface area contributed by atoms with E-state index in [9.17, 15) is 4.79 Å². The lowest BCUT2D eigenvalue weighted by molar-refractivity contribution is 0.111. The van der Waals surface area contributed by atoms with Crippen LogP contribution in [0.1, 0.15) is 37.0 Å². The van der Waals surface area contributed by atoms with Crippen molar-refractivity contribution in [2.24, 2.45) is 0 Å². The Morgan fingerprint density at radius 1 is 0.923 bits per heavy atom. The number of hydrogen-bond acceptors (Lipinski definition) is 3.